The van der Waals surface area contributed by atoms with E-state index in [1.165, 1.54) is 7.11 Å². The van der Waals surface area contributed by atoms with Crippen LogP contribution in [0.2, 0.25) is 0 Å². The zero-order chi connectivity index (χ0) is 18.1. The molecule has 1 saturated heterocycles. The second-order valence-electron chi connectivity index (χ2n) is 6.20. The van der Waals surface area contributed by atoms with Crippen molar-refractivity contribution in [3.05, 3.63) is 30.7 Å². The molecule has 1 aliphatic rings. The quantitative estimate of drug-likeness (QED) is 0.662. The van der Waals surface area contributed by atoms with Gasteiger partial charge in [-0.2, -0.15) is 5.10 Å². The lowest BCUT2D eigenvalue weighted by atomic mass is 10.1. The number of nitrogens with one attached hydrogen (secondary N) is 2. The lowest BCUT2D eigenvalue weighted by Gasteiger charge is -2.14. The van der Waals surface area contributed by atoms with Crippen molar-refractivity contribution in [1.29, 1.82) is 0 Å². The largest absolute Gasteiger partial charge is 0.468 e. The summed E-state index contributed by atoms with van der Waals surface area (Å²) < 4.78 is 6.53. The molecule has 0 amide bonds. The minimum Gasteiger partial charge on any atom is -0.468 e. The Hall–Kier alpha value is -3.07. The first-order valence-electron chi connectivity index (χ1n) is 8.33. The highest BCUT2D eigenvalue weighted by molar-refractivity contribution is 5.88. The topological polar surface area (TPSA) is 107 Å². The van der Waals surface area contributed by atoms with Gasteiger partial charge in [0.1, 0.15) is 11.9 Å². The summed E-state index contributed by atoms with van der Waals surface area (Å²) in [6.45, 7) is 0.649. The molecule has 0 aliphatic carbocycles. The Morgan fingerprint density at radius 1 is 1.35 bits per heavy atom. The molecule has 4 rings (SSSR count). The number of anilines is 1. The lowest BCUT2D eigenvalue weighted by molar-refractivity contribution is -0.142. The Morgan fingerprint density at radius 3 is 2.92 bits per heavy atom. The Labute approximate surface area is 149 Å². The van der Waals surface area contributed by atoms with Gasteiger partial charge in [-0.3, -0.25) is 14.5 Å². The van der Waals surface area contributed by atoms with Crippen LogP contribution >= 0.6 is 0 Å². The molecule has 0 bridgehead atoms. The molecule has 9 nitrogen and oxygen atoms in total. The summed E-state index contributed by atoms with van der Waals surface area (Å²) in [7, 11) is 3.25. The smallest absolute Gasteiger partial charge is 0.322 e. The summed E-state index contributed by atoms with van der Waals surface area (Å²) in [5.41, 5.74) is 1.62. The maximum atomic E-state index is 11.7. The van der Waals surface area contributed by atoms with E-state index in [4.69, 9.17) is 9.72 Å². The van der Waals surface area contributed by atoms with E-state index in [1.54, 1.807) is 23.3 Å². The van der Waals surface area contributed by atoms with Gasteiger partial charge in [0.05, 0.1) is 18.7 Å². The van der Waals surface area contributed by atoms with Gasteiger partial charge in [-0.1, -0.05) is 0 Å². The molecule has 9 heteroatoms. The number of hydrogen-bond acceptors (Lipinski definition) is 8. The standard InChI is InChI=1S/C17H19N7O2/c1-24-16-12(9-20-24)15(21-11-7-13(19-8-11)17(25)26-2)22-14(23-16)10-3-5-18-6-4-10/h3-6,9,11,13,19H,7-8H2,1-2H3,(H,21,22,23)/t11-,13+/m1/s1. The first-order valence-corrected chi connectivity index (χ1v) is 8.33. The van der Waals surface area contributed by atoms with Crippen molar-refractivity contribution < 1.29 is 9.53 Å². The van der Waals surface area contributed by atoms with Gasteiger partial charge in [-0.25, -0.2) is 9.97 Å². The van der Waals surface area contributed by atoms with Crippen LogP contribution in [0.3, 0.4) is 0 Å². The molecule has 1 fully saturated rings. The number of esters is 1. The number of nitrogens with zero attached hydrogens (tertiary/aromatic N) is 5. The fraction of sp³-hybridized carbons (Fsp3) is 0.353. The van der Waals surface area contributed by atoms with Crippen molar-refractivity contribution >= 4 is 22.8 Å². The minimum absolute atomic E-state index is 0.0581. The van der Waals surface area contributed by atoms with E-state index in [0.717, 1.165) is 16.6 Å². The molecule has 1 aliphatic heterocycles. The fourth-order valence-corrected chi connectivity index (χ4v) is 3.12. The highest BCUT2D eigenvalue weighted by Gasteiger charge is 2.30. The number of ether oxygens (including phenoxy) is 1. The van der Waals surface area contributed by atoms with E-state index >= 15 is 0 Å². The predicted octanol–water partition coefficient (Wildman–Crippen LogP) is 0.741. The molecule has 2 N–H and O–H groups in total. The van der Waals surface area contributed by atoms with Crippen LogP contribution in [-0.4, -0.2) is 56.4 Å². The van der Waals surface area contributed by atoms with Gasteiger partial charge >= 0.3 is 5.97 Å². The average Bonchev–Trinajstić information content (AvgIpc) is 3.29. The highest BCUT2D eigenvalue weighted by Crippen LogP contribution is 2.26. The molecule has 2 atom stereocenters. The van der Waals surface area contributed by atoms with Gasteiger partial charge in [0, 0.05) is 37.6 Å². The van der Waals surface area contributed by atoms with Crippen LogP contribution < -0.4 is 10.6 Å². The fourth-order valence-electron chi connectivity index (χ4n) is 3.12. The Morgan fingerprint density at radius 2 is 2.15 bits per heavy atom. The van der Waals surface area contributed by atoms with Crippen LogP contribution in [0.15, 0.2) is 30.7 Å². The van der Waals surface area contributed by atoms with Gasteiger partial charge < -0.3 is 15.4 Å². The molecule has 0 unspecified atom stereocenters. The summed E-state index contributed by atoms with van der Waals surface area (Å²) in [4.78, 5) is 25.1. The SMILES string of the molecule is COC(=O)[C@@H]1C[C@@H](Nc2nc(-c3ccncc3)nc3c2cnn3C)CN1. The molecule has 4 heterocycles. The van der Waals surface area contributed by atoms with Crippen LogP contribution in [0.25, 0.3) is 22.4 Å². The number of carbonyl (C=O) groups excluding carboxylic acids is 1. The second-order valence-corrected chi connectivity index (χ2v) is 6.20. The number of methoxy groups -OCH3 is 1. The molecule has 26 heavy (non-hydrogen) atoms. The van der Waals surface area contributed by atoms with Crippen molar-refractivity contribution in [1.82, 2.24) is 30.0 Å². The van der Waals surface area contributed by atoms with Gasteiger partial charge in [0.2, 0.25) is 0 Å². The van der Waals surface area contributed by atoms with E-state index in [-0.39, 0.29) is 18.1 Å². The first-order chi connectivity index (χ1) is 12.7. The van der Waals surface area contributed by atoms with Crippen LogP contribution in [0, 0.1) is 0 Å². The van der Waals surface area contributed by atoms with E-state index in [2.05, 4.69) is 25.7 Å². The van der Waals surface area contributed by atoms with Gasteiger partial charge in [0.15, 0.2) is 11.5 Å². The highest BCUT2D eigenvalue weighted by atomic mass is 16.5. The van der Waals surface area contributed by atoms with Crippen LogP contribution in [0.1, 0.15) is 6.42 Å². The van der Waals surface area contributed by atoms with Crippen molar-refractivity contribution in [3.8, 4) is 11.4 Å². The number of carbonyl (C=O) groups is 1. The van der Waals surface area contributed by atoms with E-state index in [1.807, 2.05) is 19.2 Å². The summed E-state index contributed by atoms with van der Waals surface area (Å²) in [6, 6.07) is 3.49. The predicted molar refractivity (Wildman–Crippen MR) is 95.4 cm³/mol. The number of aromatic nitrogens is 5. The molecule has 0 spiro atoms. The molecule has 3 aromatic heterocycles. The second kappa shape index (κ2) is 6.68. The van der Waals surface area contributed by atoms with Crippen LogP contribution in [0.4, 0.5) is 5.82 Å². The number of pyridine rings is 1. The molecule has 134 valence electrons. The summed E-state index contributed by atoms with van der Waals surface area (Å²) in [5.74, 6) is 1.05. The Balaban J connectivity index is 1.67. The van der Waals surface area contributed by atoms with Crippen molar-refractivity contribution in [3.63, 3.8) is 0 Å². The van der Waals surface area contributed by atoms with Crippen molar-refractivity contribution in [2.24, 2.45) is 7.05 Å². The molecule has 0 saturated carbocycles. The molecule has 0 aromatic carbocycles. The maximum Gasteiger partial charge on any atom is 0.322 e. The maximum absolute atomic E-state index is 11.7. The number of hydrogen-bond donors (Lipinski definition) is 2. The Kier molecular flexibility index (Phi) is 4.21. The molecule has 3 aromatic rings. The molecular weight excluding hydrogens is 334 g/mol. The number of aryl methyl sites for hydroxylation is 1. The van der Waals surface area contributed by atoms with Gasteiger partial charge in [0.25, 0.3) is 0 Å². The lowest BCUT2D eigenvalue weighted by Crippen LogP contribution is -2.31. The number of rotatable bonds is 4. The van der Waals surface area contributed by atoms with Crippen LogP contribution in [-0.2, 0) is 16.6 Å². The third kappa shape index (κ3) is 2.97. The normalized spacial score (nSPS) is 19.6. The van der Waals surface area contributed by atoms with Crippen LogP contribution in [0.5, 0.6) is 0 Å². The molecule has 0 radical (unpaired) electrons. The number of fused-ring (bicyclic) bond motifs is 1. The summed E-state index contributed by atoms with van der Waals surface area (Å²) in [6.07, 6.45) is 5.79. The van der Waals surface area contributed by atoms with Crippen molar-refractivity contribution in [2.75, 3.05) is 19.0 Å². The first kappa shape index (κ1) is 16.4. The Bertz CT molecular complexity index is 941. The summed E-state index contributed by atoms with van der Waals surface area (Å²) >= 11 is 0. The van der Waals surface area contributed by atoms with E-state index in [9.17, 15) is 4.79 Å². The van der Waals surface area contributed by atoms with Gasteiger partial charge in [-0.15, -0.1) is 0 Å². The zero-order valence-electron chi connectivity index (χ0n) is 14.5. The minimum atomic E-state index is -0.302. The van der Waals surface area contributed by atoms with Gasteiger partial charge in [-0.05, 0) is 18.6 Å². The van der Waals surface area contributed by atoms with E-state index < -0.39 is 0 Å². The average molecular weight is 353 g/mol. The molecular formula is C17H19N7O2. The third-order valence-electron chi connectivity index (χ3n) is 4.49. The third-order valence-corrected chi connectivity index (χ3v) is 4.49. The summed E-state index contributed by atoms with van der Waals surface area (Å²) in [5, 5.41) is 11.7. The zero-order valence-corrected chi connectivity index (χ0v) is 14.5. The van der Waals surface area contributed by atoms with E-state index in [0.29, 0.717) is 24.6 Å². The van der Waals surface area contributed by atoms with Crippen molar-refractivity contribution in [2.45, 2.75) is 18.5 Å². The monoisotopic (exact) mass is 353 g/mol.